The van der Waals surface area contributed by atoms with Crippen molar-refractivity contribution in [3.8, 4) is 0 Å². The van der Waals surface area contributed by atoms with Crippen LogP contribution >= 0.6 is 0 Å². The van der Waals surface area contributed by atoms with E-state index in [2.05, 4.69) is 31.4 Å². The Morgan fingerprint density at radius 2 is 2.12 bits per heavy atom. The number of rotatable bonds is 5. The van der Waals surface area contributed by atoms with Crippen LogP contribution in [-0.2, 0) is 0 Å². The summed E-state index contributed by atoms with van der Waals surface area (Å²) >= 11 is 0. The van der Waals surface area contributed by atoms with E-state index >= 15 is 0 Å². The van der Waals surface area contributed by atoms with Gasteiger partial charge in [-0.2, -0.15) is 0 Å². The quantitative estimate of drug-likeness (QED) is 0.769. The van der Waals surface area contributed by atoms with Gasteiger partial charge in [-0.15, -0.1) is 0 Å². The van der Waals surface area contributed by atoms with E-state index in [0.717, 1.165) is 6.04 Å². The van der Waals surface area contributed by atoms with Crippen LogP contribution in [0.1, 0.15) is 59.3 Å². The molecular formula is C15H30N2. The van der Waals surface area contributed by atoms with Crippen LogP contribution in [0.5, 0.6) is 0 Å². The van der Waals surface area contributed by atoms with Crippen LogP contribution in [0.3, 0.4) is 0 Å². The van der Waals surface area contributed by atoms with E-state index in [9.17, 15) is 0 Å². The van der Waals surface area contributed by atoms with Crippen LogP contribution in [0.15, 0.2) is 0 Å². The van der Waals surface area contributed by atoms with E-state index in [1.807, 2.05) is 0 Å². The summed E-state index contributed by atoms with van der Waals surface area (Å²) in [7, 11) is 0. The van der Waals surface area contributed by atoms with Gasteiger partial charge in [-0.05, 0) is 49.5 Å². The summed E-state index contributed by atoms with van der Waals surface area (Å²) in [5, 5.41) is 7.41. The highest BCUT2D eigenvalue weighted by molar-refractivity contribution is 4.93. The fraction of sp³-hybridized carbons (Fsp3) is 1.00. The Balaban J connectivity index is 1.80. The molecular weight excluding hydrogens is 208 g/mol. The molecule has 1 aliphatic heterocycles. The second kappa shape index (κ2) is 5.27. The van der Waals surface area contributed by atoms with Crippen LogP contribution in [0, 0.1) is 10.8 Å². The third kappa shape index (κ3) is 3.45. The standard InChI is InChI=1S/C15H30N2/c1-4-6-15(8-9-16-11-15)12-17-13-5-7-14(2,3)10-13/h13,16-17H,4-12H2,1-3H3. The van der Waals surface area contributed by atoms with Gasteiger partial charge in [0.15, 0.2) is 0 Å². The Kier molecular flexibility index (Phi) is 4.14. The van der Waals surface area contributed by atoms with Gasteiger partial charge in [0.05, 0.1) is 0 Å². The van der Waals surface area contributed by atoms with Gasteiger partial charge in [-0.25, -0.2) is 0 Å². The Bertz CT molecular complexity index is 241. The van der Waals surface area contributed by atoms with E-state index < -0.39 is 0 Å². The summed E-state index contributed by atoms with van der Waals surface area (Å²) in [5.41, 5.74) is 1.13. The molecule has 2 N–H and O–H groups in total. The van der Waals surface area contributed by atoms with E-state index in [1.54, 1.807) is 0 Å². The molecule has 17 heavy (non-hydrogen) atoms. The first-order valence-electron chi connectivity index (χ1n) is 7.49. The van der Waals surface area contributed by atoms with Crippen LogP contribution in [0.25, 0.3) is 0 Å². The topological polar surface area (TPSA) is 24.1 Å². The molecule has 2 fully saturated rings. The molecule has 2 aliphatic rings. The van der Waals surface area contributed by atoms with Gasteiger partial charge in [-0.3, -0.25) is 0 Å². The summed E-state index contributed by atoms with van der Waals surface area (Å²) in [5.74, 6) is 0. The fourth-order valence-electron chi connectivity index (χ4n) is 3.75. The lowest BCUT2D eigenvalue weighted by Crippen LogP contribution is -2.40. The van der Waals surface area contributed by atoms with Crippen LogP contribution in [0.4, 0.5) is 0 Å². The molecule has 2 nitrogen and oxygen atoms in total. The fourth-order valence-corrected chi connectivity index (χ4v) is 3.75. The predicted molar refractivity (Wildman–Crippen MR) is 74.3 cm³/mol. The smallest absolute Gasteiger partial charge is 0.00725 e. The minimum atomic E-state index is 0.557. The van der Waals surface area contributed by atoms with Crippen molar-refractivity contribution >= 4 is 0 Å². The summed E-state index contributed by atoms with van der Waals surface area (Å²) in [6.07, 6.45) is 8.20. The SMILES string of the molecule is CCCC1(CNC2CCC(C)(C)C2)CCNC1. The predicted octanol–water partition coefficient (Wildman–Crippen LogP) is 2.93. The summed E-state index contributed by atoms with van der Waals surface area (Å²) in [6, 6.07) is 0.777. The third-order valence-corrected chi connectivity index (χ3v) is 4.85. The first-order chi connectivity index (χ1) is 8.05. The van der Waals surface area contributed by atoms with Gasteiger partial charge in [-0.1, -0.05) is 27.2 Å². The molecule has 1 heterocycles. The third-order valence-electron chi connectivity index (χ3n) is 4.85. The van der Waals surface area contributed by atoms with Crippen molar-refractivity contribution < 1.29 is 0 Å². The lowest BCUT2D eigenvalue weighted by Gasteiger charge is -2.30. The molecule has 2 atom stereocenters. The van der Waals surface area contributed by atoms with Gasteiger partial charge in [0, 0.05) is 19.1 Å². The van der Waals surface area contributed by atoms with Crippen molar-refractivity contribution in [1.82, 2.24) is 10.6 Å². The summed E-state index contributed by atoms with van der Waals surface area (Å²) < 4.78 is 0. The number of hydrogen-bond acceptors (Lipinski definition) is 2. The molecule has 1 saturated heterocycles. The molecule has 0 amide bonds. The number of hydrogen-bond donors (Lipinski definition) is 2. The average molecular weight is 238 g/mol. The van der Waals surface area contributed by atoms with Crippen LogP contribution in [-0.4, -0.2) is 25.7 Å². The van der Waals surface area contributed by atoms with Crippen molar-refractivity contribution in [1.29, 1.82) is 0 Å². The highest BCUT2D eigenvalue weighted by atomic mass is 15.0. The first-order valence-corrected chi connectivity index (χ1v) is 7.49. The summed E-state index contributed by atoms with van der Waals surface area (Å²) in [4.78, 5) is 0. The number of nitrogens with one attached hydrogen (secondary N) is 2. The van der Waals surface area contributed by atoms with Gasteiger partial charge >= 0.3 is 0 Å². The molecule has 0 spiro atoms. The zero-order valence-corrected chi connectivity index (χ0v) is 11.9. The molecule has 0 aromatic heterocycles. The zero-order chi connectivity index (χ0) is 12.4. The Labute approximate surface area is 107 Å². The highest BCUT2D eigenvalue weighted by Gasteiger charge is 2.35. The second-order valence-corrected chi connectivity index (χ2v) is 7.16. The highest BCUT2D eigenvalue weighted by Crippen LogP contribution is 2.38. The average Bonchev–Trinajstić information content (AvgIpc) is 2.84. The molecule has 100 valence electrons. The van der Waals surface area contributed by atoms with Crippen molar-refractivity contribution in [2.24, 2.45) is 10.8 Å². The molecule has 2 unspecified atom stereocenters. The maximum absolute atomic E-state index is 3.86. The van der Waals surface area contributed by atoms with Crippen molar-refractivity contribution in [3.63, 3.8) is 0 Å². The van der Waals surface area contributed by atoms with Crippen LogP contribution < -0.4 is 10.6 Å². The normalized spacial score (nSPS) is 36.5. The maximum Gasteiger partial charge on any atom is 0.00725 e. The minimum Gasteiger partial charge on any atom is -0.316 e. The lowest BCUT2D eigenvalue weighted by atomic mass is 9.82. The Morgan fingerprint density at radius 3 is 2.65 bits per heavy atom. The second-order valence-electron chi connectivity index (χ2n) is 7.16. The lowest BCUT2D eigenvalue weighted by molar-refractivity contribution is 0.258. The van der Waals surface area contributed by atoms with E-state index in [-0.39, 0.29) is 0 Å². The van der Waals surface area contributed by atoms with Crippen molar-refractivity contribution in [3.05, 3.63) is 0 Å². The molecule has 0 bridgehead atoms. The molecule has 0 radical (unpaired) electrons. The Hall–Kier alpha value is -0.0800. The first kappa shape index (κ1) is 13.4. The minimum absolute atomic E-state index is 0.557. The molecule has 1 aliphatic carbocycles. The van der Waals surface area contributed by atoms with E-state index in [1.165, 1.54) is 58.2 Å². The monoisotopic (exact) mass is 238 g/mol. The molecule has 2 rings (SSSR count). The molecule has 0 aromatic carbocycles. The molecule has 1 saturated carbocycles. The zero-order valence-electron chi connectivity index (χ0n) is 11.9. The molecule has 0 aromatic rings. The van der Waals surface area contributed by atoms with Crippen molar-refractivity contribution in [2.75, 3.05) is 19.6 Å². The van der Waals surface area contributed by atoms with Gasteiger partial charge in [0.1, 0.15) is 0 Å². The largest absolute Gasteiger partial charge is 0.316 e. The van der Waals surface area contributed by atoms with Crippen LogP contribution in [0.2, 0.25) is 0 Å². The maximum atomic E-state index is 3.86. The van der Waals surface area contributed by atoms with Crippen molar-refractivity contribution in [2.45, 2.75) is 65.3 Å². The summed E-state index contributed by atoms with van der Waals surface area (Å²) in [6.45, 7) is 10.8. The van der Waals surface area contributed by atoms with Gasteiger partial charge in [0.25, 0.3) is 0 Å². The van der Waals surface area contributed by atoms with E-state index in [0.29, 0.717) is 10.8 Å². The van der Waals surface area contributed by atoms with Gasteiger partial charge < -0.3 is 10.6 Å². The Morgan fingerprint density at radius 1 is 1.29 bits per heavy atom. The van der Waals surface area contributed by atoms with Gasteiger partial charge in [0.2, 0.25) is 0 Å². The van der Waals surface area contributed by atoms with E-state index in [4.69, 9.17) is 0 Å². The molecule has 2 heteroatoms.